The topological polar surface area (TPSA) is 143 Å². The minimum absolute atomic E-state index is 0.0552. The van der Waals surface area contributed by atoms with Gasteiger partial charge in [-0.1, -0.05) is 12.1 Å². The summed E-state index contributed by atoms with van der Waals surface area (Å²) in [4.78, 5) is 63.6. The van der Waals surface area contributed by atoms with Crippen LogP contribution in [0.5, 0.6) is 0 Å². The molecule has 0 bridgehead atoms. The fourth-order valence-corrected chi connectivity index (χ4v) is 3.62. The molecule has 0 aliphatic carbocycles. The minimum atomic E-state index is -1.07. The minimum Gasteiger partial charge on any atom is -0.478 e. The van der Waals surface area contributed by atoms with Gasteiger partial charge in [-0.3, -0.25) is 23.5 Å². The smallest absolute Gasteiger partial charge is 0.335 e. The molecule has 0 spiro atoms. The van der Waals surface area contributed by atoms with Crippen molar-refractivity contribution in [2.75, 3.05) is 0 Å². The van der Waals surface area contributed by atoms with Crippen LogP contribution in [0.1, 0.15) is 31.8 Å². The second-order valence-corrected chi connectivity index (χ2v) is 7.71. The van der Waals surface area contributed by atoms with Crippen LogP contribution >= 0.6 is 0 Å². The molecule has 0 atom stereocenters. The van der Waals surface area contributed by atoms with Crippen molar-refractivity contribution in [2.45, 2.75) is 13.1 Å². The zero-order valence-electron chi connectivity index (χ0n) is 18.1. The van der Waals surface area contributed by atoms with Crippen molar-refractivity contribution in [1.29, 1.82) is 0 Å². The molecule has 0 radical (unpaired) electrons. The predicted octanol–water partition coefficient (Wildman–Crippen LogP) is 1.06. The first-order chi connectivity index (χ1) is 16.2. The lowest BCUT2D eigenvalue weighted by molar-refractivity contribution is 0.0696. The van der Waals surface area contributed by atoms with E-state index < -0.39 is 23.1 Å². The summed E-state index contributed by atoms with van der Waals surface area (Å²) in [5.74, 6) is -1.51. The Morgan fingerprint density at radius 2 is 1.65 bits per heavy atom. The average Bonchev–Trinajstić information content (AvgIpc) is 2.83. The van der Waals surface area contributed by atoms with Crippen LogP contribution in [-0.4, -0.2) is 31.1 Å². The summed E-state index contributed by atoms with van der Waals surface area (Å²) < 4.78 is 2.36. The molecule has 34 heavy (non-hydrogen) atoms. The van der Waals surface area contributed by atoms with E-state index in [-0.39, 0.29) is 35.2 Å². The highest BCUT2D eigenvalue weighted by molar-refractivity contribution is 5.97. The number of carbonyl (C=O) groups excluding carboxylic acids is 1. The number of benzene rings is 2. The van der Waals surface area contributed by atoms with Gasteiger partial charge in [0.15, 0.2) is 0 Å². The number of H-pyrrole nitrogens is 1. The zero-order chi connectivity index (χ0) is 24.4. The Kier molecular flexibility index (Phi) is 5.96. The molecule has 4 rings (SSSR count). The van der Waals surface area contributed by atoms with E-state index in [9.17, 15) is 24.0 Å². The van der Waals surface area contributed by atoms with Crippen LogP contribution in [0.3, 0.4) is 0 Å². The van der Waals surface area contributed by atoms with Crippen molar-refractivity contribution < 1.29 is 14.7 Å². The molecule has 0 saturated heterocycles. The maximum atomic E-state index is 13.2. The maximum absolute atomic E-state index is 13.2. The van der Waals surface area contributed by atoms with Crippen molar-refractivity contribution >= 4 is 22.8 Å². The molecule has 10 nitrogen and oxygen atoms in total. The zero-order valence-corrected chi connectivity index (χ0v) is 18.1. The molecule has 3 N–H and O–H groups in total. The second-order valence-electron chi connectivity index (χ2n) is 7.71. The Morgan fingerprint density at radius 3 is 2.32 bits per heavy atom. The van der Waals surface area contributed by atoms with Gasteiger partial charge in [0.2, 0.25) is 5.56 Å². The average molecular weight is 460 g/mol. The highest BCUT2D eigenvalue weighted by Gasteiger charge is 2.15. The quantitative estimate of drug-likeness (QED) is 0.393. The number of hydrogen-bond acceptors (Lipinski definition) is 5. The number of aryl methyl sites for hydroxylation is 1. The lowest BCUT2D eigenvalue weighted by atomic mass is 10.1. The first kappa shape index (κ1) is 22.5. The van der Waals surface area contributed by atoms with Gasteiger partial charge in [0, 0.05) is 31.4 Å². The Hall–Kier alpha value is -4.73. The second kappa shape index (κ2) is 9.02. The third-order valence-corrected chi connectivity index (χ3v) is 5.45. The van der Waals surface area contributed by atoms with Gasteiger partial charge in [-0.15, -0.1) is 0 Å². The third kappa shape index (κ3) is 4.42. The molecule has 0 unspecified atom stereocenters. The van der Waals surface area contributed by atoms with Gasteiger partial charge in [0.25, 0.3) is 11.5 Å². The lowest BCUT2D eigenvalue weighted by Gasteiger charge is -2.12. The van der Waals surface area contributed by atoms with Crippen LogP contribution < -0.4 is 22.1 Å². The van der Waals surface area contributed by atoms with Crippen molar-refractivity contribution in [1.82, 2.24) is 19.4 Å². The normalized spacial score (nSPS) is 10.9. The van der Waals surface area contributed by atoms with E-state index in [1.54, 1.807) is 6.07 Å². The van der Waals surface area contributed by atoms with Crippen LogP contribution in [0.4, 0.5) is 0 Å². The molecule has 0 saturated carbocycles. The number of amides is 1. The number of carboxylic acids is 1. The number of carboxylic acid groups (broad SMARTS) is 1. The van der Waals surface area contributed by atoms with Crippen LogP contribution in [0, 0.1) is 0 Å². The molecular formula is C24H20N4O6. The molecule has 2 heterocycles. The van der Waals surface area contributed by atoms with Gasteiger partial charge in [0.05, 0.1) is 23.0 Å². The number of nitrogens with one attached hydrogen (secondary N) is 2. The summed E-state index contributed by atoms with van der Waals surface area (Å²) in [7, 11) is 1.53. The molecule has 0 aliphatic rings. The van der Waals surface area contributed by atoms with Gasteiger partial charge in [0.1, 0.15) is 0 Å². The van der Waals surface area contributed by atoms with Crippen LogP contribution in [0.15, 0.2) is 75.2 Å². The lowest BCUT2D eigenvalue weighted by Crippen LogP contribution is -2.39. The Morgan fingerprint density at radius 1 is 0.941 bits per heavy atom. The summed E-state index contributed by atoms with van der Waals surface area (Å²) >= 11 is 0. The van der Waals surface area contributed by atoms with Crippen molar-refractivity contribution in [3.63, 3.8) is 0 Å². The summed E-state index contributed by atoms with van der Waals surface area (Å²) in [5, 5.41) is 11.9. The number of aromatic nitrogens is 3. The number of carbonyl (C=O) groups is 2. The first-order valence-electron chi connectivity index (χ1n) is 10.3. The number of nitrogens with zero attached hydrogens (tertiary/aromatic N) is 2. The van der Waals surface area contributed by atoms with E-state index >= 15 is 0 Å². The van der Waals surface area contributed by atoms with Crippen molar-refractivity contribution in [2.24, 2.45) is 7.05 Å². The van der Waals surface area contributed by atoms with Gasteiger partial charge in [-0.05, 0) is 47.5 Å². The monoisotopic (exact) mass is 460 g/mol. The molecule has 2 aromatic heterocycles. The van der Waals surface area contributed by atoms with Crippen molar-refractivity contribution in [3.05, 3.63) is 114 Å². The van der Waals surface area contributed by atoms with E-state index in [4.69, 9.17) is 5.11 Å². The molecule has 0 fully saturated rings. The summed E-state index contributed by atoms with van der Waals surface area (Å²) in [5.41, 5.74) is 0.515. The first-order valence-corrected chi connectivity index (χ1v) is 10.3. The van der Waals surface area contributed by atoms with Crippen LogP contribution in [0.25, 0.3) is 10.9 Å². The van der Waals surface area contributed by atoms with Gasteiger partial charge < -0.3 is 15.4 Å². The highest BCUT2D eigenvalue weighted by atomic mass is 16.4. The highest BCUT2D eigenvalue weighted by Crippen LogP contribution is 2.12. The van der Waals surface area contributed by atoms with E-state index in [1.165, 1.54) is 66.3 Å². The largest absolute Gasteiger partial charge is 0.478 e. The predicted molar refractivity (Wildman–Crippen MR) is 124 cm³/mol. The molecule has 0 aliphatic heterocycles. The third-order valence-electron chi connectivity index (χ3n) is 5.45. The molecule has 10 heteroatoms. The van der Waals surface area contributed by atoms with E-state index in [0.29, 0.717) is 16.6 Å². The molecular weight excluding hydrogens is 440 g/mol. The van der Waals surface area contributed by atoms with Crippen LogP contribution in [0.2, 0.25) is 0 Å². The van der Waals surface area contributed by atoms with Gasteiger partial charge >= 0.3 is 11.7 Å². The number of aromatic carboxylic acids is 1. The summed E-state index contributed by atoms with van der Waals surface area (Å²) in [6.07, 6.45) is 1.48. The fourth-order valence-electron chi connectivity index (χ4n) is 3.62. The van der Waals surface area contributed by atoms with E-state index in [1.807, 2.05) is 0 Å². The summed E-state index contributed by atoms with van der Waals surface area (Å²) in [6.45, 7) is 0.0744. The van der Waals surface area contributed by atoms with E-state index in [2.05, 4.69) is 10.3 Å². The standard InChI is InChI=1S/C24H20N4O6/c1-27-19-7-6-17(21(30)26-12-15-8-9-25-20(29)10-15)11-18(19)22(31)28(24(27)34)13-14-2-4-16(5-3-14)23(32)33/h2-11H,12-13H2,1H3,(H,25,29)(H,26,30)(H,32,33). The Labute approximate surface area is 191 Å². The fraction of sp³-hybridized carbons (Fsp3) is 0.125. The number of pyridine rings is 1. The number of hydrogen-bond donors (Lipinski definition) is 3. The molecule has 4 aromatic rings. The Balaban J connectivity index is 1.67. The molecule has 1 amide bonds. The maximum Gasteiger partial charge on any atom is 0.335 e. The van der Waals surface area contributed by atoms with Gasteiger partial charge in [-0.25, -0.2) is 9.59 Å². The Bertz CT molecular complexity index is 1600. The number of rotatable bonds is 6. The van der Waals surface area contributed by atoms with Crippen LogP contribution in [-0.2, 0) is 20.1 Å². The van der Waals surface area contributed by atoms with Gasteiger partial charge in [-0.2, -0.15) is 0 Å². The summed E-state index contributed by atoms with van der Waals surface area (Å²) in [6, 6.07) is 13.4. The van der Waals surface area contributed by atoms with Crippen molar-refractivity contribution in [3.8, 4) is 0 Å². The molecule has 172 valence electrons. The SMILES string of the molecule is Cn1c(=O)n(Cc2ccc(C(=O)O)cc2)c(=O)c2cc(C(=O)NCc3cc[nH]c(=O)c3)ccc21. The number of aromatic amines is 1. The van der Waals surface area contributed by atoms with E-state index in [0.717, 1.165) is 4.57 Å². The molecule has 2 aromatic carbocycles. The number of fused-ring (bicyclic) bond motifs is 1.